The number of aryl methyl sites for hydroxylation is 1. The van der Waals surface area contributed by atoms with E-state index in [2.05, 4.69) is 10.6 Å². The highest BCUT2D eigenvalue weighted by molar-refractivity contribution is 6.42. The number of aromatic nitrogens is 3. The van der Waals surface area contributed by atoms with Crippen molar-refractivity contribution in [1.82, 2.24) is 14.1 Å². The van der Waals surface area contributed by atoms with E-state index in [0.717, 1.165) is 61.7 Å². The van der Waals surface area contributed by atoms with Crippen LogP contribution < -0.4 is 11.3 Å². The average molecular weight is 499 g/mol. The summed E-state index contributed by atoms with van der Waals surface area (Å²) in [4.78, 5) is 18.6. The third-order valence-corrected chi connectivity index (χ3v) is 7.26. The molecule has 1 saturated heterocycles. The molecule has 1 unspecified atom stereocenters. The Morgan fingerprint density at radius 3 is 2.71 bits per heavy atom. The van der Waals surface area contributed by atoms with Crippen LogP contribution in [0.1, 0.15) is 32.1 Å². The molecule has 0 aliphatic carbocycles. The molecule has 0 amide bonds. The number of fused-ring (bicyclic) bond motifs is 2. The maximum absolute atomic E-state index is 13.8. The lowest BCUT2D eigenvalue weighted by Crippen LogP contribution is -2.24. The van der Waals surface area contributed by atoms with Crippen molar-refractivity contribution in [2.24, 2.45) is 5.73 Å². The summed E-state index contributed by atoms with van der Waals surface area (Å²) in [5.74, 6) is 0. The van der Waals surface area contributed by atoms with Crippen molar-refractivity contribution in [1.29, 1.82) is 0 Å². The van der Waals surface area contributed by atoms with Crippen LogP contribution in [0.15, 0.2) is 47.4 Å². The predicted molar refractivity (Wildman–Crippen MR) is 139 cm³/mol. The maximum atomic E-state index is 13.8. The van der Waals surface area contributed by atoms with Crippen molar-refractivity contribution in [3.05, 3.63) is 63.0 Å². The molecule has 2 N–H and O–H groups in total. The number of nitrogens with two attached hydrogens (primary N) is 1. The van der Waals surface area contributed by atoms with Gasteiger partial charge in [-0.25, -0.2) is 4.98 Å². The number of ether oxygens (including phenoxy) is 1. The maximum Gasteiger partial charge on any atom is 0.277 e. The van der Waals surface area contributed by atoms with Gasteiger partial charge in [0.2, 0.25) is 0 Å². The van der Waals surface area contributed by atoms with E-state index in [1.807, 2.05) is 24.4 Å². The summed E-state index contributed by atoms with van der Waals surface area (Å²) in [6, 6.07) is 11.6. The highest BCUT2D eigenvalue weighted by Gasteiger charge is 2.21. The Hall–Kier alpha value is -2.38. The Bertz CT molecular complexity index is 1390. The van der Waals surface area contributed by atoms with Crippen molar-refractivity contribution in [3.63, 3.8) is 0 Å². The first kappa shape index (κ1) is 23.4. The van der Waals surface area contributed by atoms with E-state index in [1.165, 1.54) is 0 Å². The number of rotatable bonds is 8. The second-order valence-electron chi connectivity index (χ2n) is 8.87. The molecule has 34 heavy (non-hydrogen) atoms. The van der Waals surface area contributed by atoms with Gasteiger partial charge in [-0.2, -0.15) is 0 Å². The second-order valence-corrected chi connectivity index (χ2v) is 9.68. The lowest BCUT2D eigenvalue weighted by molar-refractivity contribution is 0.0980. The van der Waals surface area contributed by atoms with Crippen molar-refractivity contribution in [3.8, 4) is 11.3 Å². The van der Waals surface area contributed by atoms with Crippen LogP contribution in [-0.2, 0) is 17.8 Å². The summed E-state index contributed by atoms with van der Waals surface area (Å²) in [5, 5.41) is 1.83. The second kappa shape index (κ2) is 10.1. The number of para-hydroxylation sites is 1. The minimum Gasteiger partial charge on any atom is -0.376 e. The summed E-state index contributed by atoms with van der Waals surface area (Å²) in [6.07, 6.45) is 7.08. The molecule has 1 atom stereocenters. The molecule has 8 heteroatoms. The molecule has 5 rings (SSSR count). The molecule has 178 valence electrons. The topological polar surface area (TPSA) is 75.1 Å². The van der Waals surface area contributed by atoms with Gasteiger partial charge in [-0.3, -0.25) is 4.79 Å². The zero-order chi connectivity index (χ0) is 23.7. The Morgan fingerprint density at radius 2 is 1.91 bits per heavy atom. The smallest absolute Gasteiger partial charge is 0.277 e. The van der Waals surface area contributed by atoms with Gasteiger partial charge in [-0.05, 0) is 50.4 Å². The van der Waals surface area contributed by atoms with Crippen LogP contribution >= 0.6 is 23.2 Å². The summed E-state index contributed by atoms with van der Waals surface area (Å²) >= 11 is 12.6. The first-order valence-corrected chi connectivity index (χ1v) is 12.6. The summed E-state index contributed by atoms with van der Waals surface area (Å²) in [7, 11) is 0. The van der Waals surface area contributed by atoms with Crippen LogP contribution in [0.5, 0.6) is 0 Å². The van der Waals surface area contributed by atoms with E-state index < -0.39 is 0 Å². The zero-order valence-electron chi connectivity index (χ0n) is 19.0. The molecule has 0 bridgehead atoms. The van der Waals surface area contributed by atoms with Gasteiger partial charge in [0.1, 0.15) is 5.69 Å². The van der Waals surface area contributed by atoms with Gasteiger partial charge in [0.05, 0.1) is 27.2 Å². The molecular weight excluding hydrogens is 471 g/mol. The molecule has 0 spiro atoms. The number of hydrogen-bond acceptors (Lipinski definition) is 4. The average Bonchev–Trinajstić information content (AvgIpc) is 3.48. The number of unbranched alkanes of at least 4 members (excludes halogenated alkanes) is 2. The molecule has 3 heterocycles. The summed E-state index contributed by atoms with van der Waals surface area (Å²) < 4.78 is 9.84. The Labute approximate surface area is 208 Å². The fourth-order valence-electron chi connectivity index (χ4n) is 4.82. The molecule has 2 aromatic carbocycles. The first-order valence-electron chi connectivity index (χ1n) is 11.9. The molecule has 2 aromatic heterocycles. The van der Waals surface area contributed by atoms with Crippen molar-refractivity contribution >= 4 is 45.1 Å². The predicted octanol–water partition coefficient (Wildman–Crippen LogP) is 5.63. The van der Waals surface area contributed by atoms with Crippen LogP contribution in [0.4, 0.5) is 0 Å². The van der Waals surface area contributed by atoms with Crippen molar-refractivity contribution in [2.45, 2.75) is 51.3 Å². The van der Waals surface area contributed by atoms with E-state index in [0.29, 0.717) is 39.9 Å². The Morgan fingerprint density at radius 1 is 1.09 bits per heavy atom. The largest absolute Gasteiger partial charge is 0.376 e. The van der Waals surface area contributed by atoms with E-state index >= 15 is 0 Å². The quantitative estimate of drug-likeness (QED) is 0.319. The molecule has 0 saturated carbocycles. The first-order chi connectivity index (χ1) is 16.6. The van der Waals surface area contributed by atoms with Gasteiger partial charge in [0.25, 0.3) is 5.56 Å². The summed E-state index contributed by atoms with van der Waals surface area (Å²) in [6.45, 7) is 2.77. The number of nitrogens with zero attached hydrogens (tertiary/aromatic N) is 3. The Kier molecular flexibility index (Phi) is 6.93. The van der Waals surface area contributed by atoms with Crippen LogP contribution in [0, 0.1) is 0 Å². The lowest BCUT2D eigenvalue weighted by Gasteiger charge is -2.13. The number of hydrogen-bond donors (Lipinski definition) is 1. The SMILES string of the molecule is NCCCCCn1c(=O)c(-c2cn(CC3CCCO3)c3ccccc23)nc2cc(Cl)c(Cl)cc21. The van der Waals surface area contributed by atoms with Gasteiger partial charge in [0.15, 0.2) is 0 Å². The highest BCUT2D eigenvalue weighted by Crippen LogP contribution is 2.32. The molecule has 1 fully saturated rings. The molecule has 6 nitrogen and oxygen atoms in total. The summed E-state index contributed by atoms with van der Waals surface area (Å²) in [5.41, 5.74) is 9.19. The molecule has 1 aliphatic rings. The van der Waals surface area contributed by atoms with Crippen LogP contribution in [0.25, 0.3) is 33.2 Å². The van der Waals surface area contributed by atoms with Crippen LogP contribution in [0.2, 0.25) is 10.0 Å². The fraction of sp³-hybridized carbons (Fsp3) is 0.385. The molecule has 4 aromatic rings. The van der Waals surface area contributed by atoms with Gasteiger partial charge in [0, 0.05) is 42.4 Å². The fourth-order valence-corrected chi connectivity index (χ4v) is 5.14. The monoisotopic (exact) mass is 498 g/mol. The highest BCUT2D eigenvalue weighted by atomic mass is 35.5. The normalized spacial score (nSPS) is 16.1. The molecule has 0 radical (unpaired) electrons. The number of halogens is 2. The minimum absolute atomic E-state index is 0.126. The van der Waals surface area contributed by atoms with Gasteiger partial charge >= 0.3 is 0 Å². The van der Waals surface area contributed by atoms with Crippen molar-refractivity contribution < 1.29 is 4.74 Å². The molecular formula is C26H28Cl2N4O2. The lowest BCUT2D eigenvalue weighted by atomic mass is 10.1. The van der Waals surface area contributed by atoms with Gasteiger partial charge in [-0.15, -0.1) is 0 Å². The van der Waals surface area contributed by atoms with Crippen LogP contribution in [-0.4, -0.2) is 33.4 Å². The number of benzene rings is 2. The zero-order valence-corrected chi connectivity index (χ0v) is 20.5. The molecule has 1 aliphatic heterocycles. The van der Waals surface area contributed by atoms with Gasteiger partial charge in [-0.1, -0.05) is 47.8 Å². The third kappa shape index (κ3) is 4.48. The van der Waals surface area contributed by atoms with E-state index in [9.17, 15) is 4.79 Å². The van der Waals surface area contributed by atoms with E-state index in [-0.39, 0.29) is 11.7 Å². The van der Waals surface area contributed by atoms with Crippen LogP contribution in [0.3, 0.4) is 0 Å². The standard InChI is InChI=1S/C26H28Cl2N4O2/c27-20-13-22-24(14-21(20)28)32(11-5-1-4-10-29)26(33)25(30-22)19-16-31(15-17-7-6-12-34-17)23-9-3-2-8-18(19)23/h2-3,8-9,13-14,16-17H,1,4-7,10-12,15,29H2. The Balaban J connectivity index is 1.67. The van der Waals surface area contributed by atoms with Crippen molar-refractivity contribution in [2.75, 3.05) is 13.2 Å². The minimum atomic E-state index is -0.126. The van der Waals surface area contributed by atoms with E-state index in [1.54, 1.807) is 16.7 Å². The van der Waals surface area contributed by atoms with Gasteiger partial charge < -0.3 is 19.6 Å². The van der Waals surface area contributed by atoms with E-state index in [4.69, 9.17) is 38.7 Å². The third-order valence-electron chi connectivity index (χ3n) is 6.54.